The van der Waals surface area contributed by atoms with Gasteiger partial charge in [0.05, 0.1) is 11.4 Å². The van der Waals surface area contributed by atoms with Crippen LogP contribution in [0.25, 0.3) is 88.0 Å². The fraction of sp³-hybridized carbons (Fsp3) is 0. The molecule has 9 aromatic rings. The van der Waals surface area contributed by atoms with E-state index >= 15 is 0 Å². The number of thiophene rings is 1. The molecule has 230 valence electrons. The van der Waals surface area contributed by atoms with Crippen molar-refractivity contribution in [3.05, 3.63) is 164 Å². The van der Waals surface area contributed by atoms with Crippen LogP contribution in [-0.2, 0) is 0 Å². The normalized spacial score (nSPS) is 11.3. The molecule has 9 rings (SSSR count). The maximum atomic E-state index is 5.05. The average Bonchev–Trinajstić information content (AvgIpc) is 3.57. The van der Waals surface area contributed by atoms with Gasteiger partial charge in [0.25, 0.3) is 0 Å². The number of rotatable bonds is 6. The first kappa shape index (κ1) is 28.8. The number of benzene rings is 6. The first-order chi connectivity index (χ1) is 24.3. The molecule has 0 saturated heterocycles. The van der Waals surface area contributed by atoms with Gasteiger partial charge in [0, 0.05) is 53.6 Å². The molecule has 0 aliphatic heterocycles. The van der Waals surface area contributed by atoms with Crippen LogP contribution in [0.5, 0.6) is 0 Å². The lowest BCUT2D eigenvalue weighted by molar-refractivity contribution is 1.04. The Hall–Kier alpha value is -6.37. The zero-order chi connectivity index (χ0) is 32.6. The highest BCUT2D eigenvalue weighted by Gasteiger charge is 2.17. The third-order valence-electron chi connectivity index (χ3n) is 8.66. The molecule has 5 nitrogen and oxygen atoms in total. The standard InChI is InChI=1S/C43H27N5S/c1-4-12-29(13-5-1)37-24-25-38(48-47-37)30-22-20-28(21-23-30)35-26-33(27-36-34-18-10-11-19-39(34)49-40(35)36)43-45-41(31-14-6-2-7-15-31)44-42(46-43)32-16-8-3-9-17-32/h1-27H. The Morgan fingerprint density at radius 2 is 0.816 bits per heavy atom. The smallest absolute Gasteiger partial charge is 0.164 e. The van der Waals surface area contributed by atoms with Crippen LogP contribution in [0.1, 0.15) is 0 Å². The fourth-order valence-corrected chi connectivity index (χ4v) is 7.40. The molecular weight excluding hydrogens is 619 g/mol. The van der Waals surface area contributed by atoms with E-state index in [2.05, 4.69) is 70.9 Å². The predicted octanol–water partition coefficient (Wildman–Crippen LogP) is 11.0. The van der Waals surface area contributed by atoms with Crippen LogP contribution in [-0.4, -0.2) is 25.1 Å². The molecule has 0 spiro atoms. The zero-order valence-corrected chi connectivity index (χ0v) is 27.0. The van der Waals surface area contributed by atoms with E-state index < -0.39 is 0 Å². The van der Waals surface area contributed by atoms with E-state index in [1.807, 2.05) is 114 Å². The van der Waals surface area contributed by atoms with Gasteiger partial charge in [0.2, 0.25) is 0 Å². The molecule has 0 aliphatic carbocycles. The van der Waals surface area contributed by atoms with E-state index in [1.165, 1.54) is 20.2 Å². The van der Waals surface area contributed by atoms with E-state index in [4.69, 9.17) is 15.0 Å². The Morgan fingerprint density at radius 3 is 1.39 bits per heavy atom. The van der Waals surface area contributed by atoms with E-state index in [0.717, 1.165) is 50.3 Å². The van der Waals surface area contributed by atoms with Gasteiger partial charge in [-0.15, -0.1) is 21.5 Å². The molecule has 6 aromatic carbocycles. The molecule has 0 atom stereocenters. The summed E-state index contributed by atoms with van der Waals surface area (Å²) >= 11 is 1.81. The van der Waals surface area contributed by atoms with E-state index in [-0.39, 0.29) is 0 Å². The minimum atomic E-state index is 0.636. The monoisotopic (exact) mass is 645 g/mol. The molecule has 0 unspecified atom stereocenters. The number of fused-ring (bicyclic) bond motifs is 3. The third-order valence-corrected chi connectivity index (χ3v) is 9.88. The maximum Gasteiger partial charge on any atom is 0.164 e. The molecule has 49 heavy (non-hydrogen) atoms. The van der Waals surface area contributed by atoms with Crippen LogP contribution in [0, 0.1) is 0 Å². The summed E-state index contributed by atoms with van der Waals surface area (Å²) in [5, 5.41) is 11.5. The number of nitrogens with zero attached hydrogens (tertiary/aromatic N) is 5. The van der Waals surface area contributed by atoms with Crippen LogP contribution in [0.3, 0.4) is 0 Å². The van der Waals surface area contributed by atoms with Gasteiger partial charge in [-0.05, 0) is 35.9 Å². The summed E-state index contributed by atoms with van der Waals surface area (Å²) in [6, 6.07) is 56.0. The van der Waals surface area contributed by atoms with Crippen LogP contribution >= 0.6 is 11.3 Å². The average molecular weight is 646 g/mol. The van der Waals surface area contributed by atoms with Gasteiger partial charge in [-0.3, -0.25) is 0 Å². The first-order valence-corrected chi connectivity index (χ1v) is 16.9. The van der Waals surface area contributed by atoms with Crippen molar-refractivity contribution in [2.45, 2.75) is 0 Å². The summed E-state index contributed by atoms with van der Waals surface area (Å²) in [5.74, 6) is 1.92. The minimum absolute atomic E-state index is 0.636. The topological polar surface area (TPSA) is 64.5 Å². The van der Waals surface area contributed by atoms with Crippen molar-refractivity contribution in [1.82, 2.24) is 25.1 Å². The predicted molar refractivity (Wildman–Crippen MR) is 201 cm³/mol. The number of hydrogen-bond donors (Lipinski definition) is 0. The Bertz CT molecular complexity index is 2510. The van der Waals surface area contributed by atoms with Crippen molar-refractivity contribution in [3.8, 4) is 67.8 Å². The molecule has 3 heterocycles. The summed E-state index contributed by atoms with van der Waals surface area (Å²) < 4.78 is 2.47. The summed E-state index contributed by atoms with van der Waals surface area (Å²) in [5.41, 5.74) is 8.82. The Kier molecular flexibility index (Phi) is 7.26. The SMILES string of the molecule is c1ccc(-c2ccc(-c3ccc(-c4cc(-c5nc(-c6ccccc6)nc(-c6ccccc6)n5)cc5c4sc4ccccc45)cc3)nn2)cc1. The zero-order valence-electron chi connectivity index (χ0n) is 26.2. The highest BCUT2D eigenvalue weighted by Crippen LogP contribution is 2.43. The summed E-state index contributed by atoms with van der Waals surface area (Å²) in [6.07, 6.45) is 0. The second-order valence-electron chi connectivity index (χ2n) is 11.8. The highest BCUT2D eigenvalue weighted by molar-refractivity contribution is 7.26. The summed E-state index contributed by atoms with van der Waals surface area (Å²) in [6.45, 7) is 0. The molecular formula is C43H27N5S. The Labute approximate surface area is 287 Å². The van der Waals surface area contributed by atoms with Crippen molar-refractivity contribution in [3.63, 3.8) is 0 Å². The second kappa shape index (κ2) is 12.3. The van der Waals surface area contributed by atoms with E-state index in [9.17, 15) is 0 Å². The summed E-state index contributed by atoms with van der Waals surface area (Å²) in [4.78, 5) is 15.0. The lowest BCUT2D eigenvalue weighted by atomic mass is 9.97. The van der Waals surface area contributed by atoms with Gasteiger partial charge in [-0.1, -0.05) is 133 Å². The summed E-state index contributed by atoms with van der Waals surface area (Å²) in [7, 11) is 0. The molecule has 6 heteroatoms. The van der Waals surface area contributed by atoms with Gasteiger partial charge < -0.3 is 0 Å². The van der Waals surface area contributed by atoms with E-state index in [1.54, 1.807) is 0 Å². The quantitative estimate of drug-likeness (QED) is 0.180. The first-order valence-electron chi connectivity index (χ1n) is 16.1. The molecule has 0 aliphatic rings. The van der Waals surface area contributed by atoms with Crippen molar-refractivity contribution in [1.29, 1.82) is 0 Å². The van der Waals surface area contributed by atoms with Crippen LogP contribution in [0.15, 0.2) is 164 Å². The molecule has 0 N–H and O–H groups in total. The molecule has 0 bridgehead atoms. The third kappa shape index (κ3) is 5.54. The second-order valence-corrected chi connectivity index (χ2v) is 12.8. The Balaban J connectivity index is 1.18. The van der Waals surface area contributed by atoms with Gasteiger partial charge >= 0.3 is 0 Å². The van der Waals surface area contributed by atoms with Crippen LogP contribution in [0.2, 0.25) is 0 Å². The van der Waals surface area contributed by atoms with Gasteiger partial charge in [0.15, 0.2) is 17.5 Å². The molecule has 0 radical (unpaired) electrons. The van der Waals surface area contributed by atoms with Gasteiger partial charge in [0.1, 0.15) is 0 Å². The largest absolute Gasteiger partial charge is 0.208 e. The minimum Gasteiger partial charge on any atom is -0.208 e. The fourth-order valence-electron chi connectivity index (χ4n) is 6.18. The van der Waals surface area contributed by atoms with Crippen LogP contribution in [0.4, 0.5) is 0 Å². The van der Waals surface area contributed by atoms with E-state index in [0.29, 0.717) is 17.5 Å². The highest BCUT2D eigenvalue weighted by atomic mass is 32.1. The molecule has 3 aromatic heterocycles. The Morgan fingerprint density at radius 1 is 0.347 bits per heavy atom. The number of aromatic nitrogens is 5. The lowest BCUT2D eigenvalue weighted by Gasteiger charge is -2.11. The lowest BCUT2D eigenvalue weighted by Crippen LogP contribution is -2.00. The van der Waals surface area contributed by atoms with Crippen molar-refractivity contribution < 1.29 is 0 Å². The molecule has 0 saturated carbocycles. The molecule has 0 fully saturated rings. The van der Waals surface area contributed by atoms with Gasteiger partial charge in [-0.2, -0.15) is 0 Å². The van der Waals surface area contributed by atoms with Gasteiger partial charge in [-0.25, -0.2) is 15.0 Å². The number of hydrogen-bond acceptors (Lipinski definition) is 6. The van der Waals surface area contributed by atoms with Crippen molar-refractivity contribution in [2.75, 3.05) is 0 Å². The molecule has 0 amide bonds. The maximum absolute atomic E-state index is 5.05. The van der Waals surface area contributed by atoms with Crippen LogP contribution < -0.4 is 0 Å². The van der Waals surface area contributed by atoms with Crippen molar-refractivity contribution in [2.24, 2.45) is 0 Å². The van der Waals surface area contributed by atoms with Crippen molar-refractivity contribution >= 4 is 31.5 Å².